The van der Waals surface area contributed by atoms with Gasteiger partial charge in [-0.15, -0.1) is 24.0 Å². The second-order valence-electron chi connectivity index (χ2n) is 6.31. The minimum Gasteiger partial charge on any atom is -0.355 e. The number of guanidine groups is 1. The molecule has 1 heterocycles. The summed E-state index contributed by atoms with van der Waals surface area (Å²) in [5.41, 5.74) is 1.22. The third-order valence-electron chi connectivity index (χ3n) is 4.49. The van der Waals surface area contributed by atoms with E-state index in [4.69, 9.17) is 0 Å². The normalized spacial score (nSPS) is 16.4. The van der Waals surface area contributed by atoms with Crippen LogP contribution in [0.4, 0.5) is 0 Å². The maximum atomic E-state index is 11.6. The third-order valence-corrected chi connectivity index (χ3v) is 6.20. The van der Waals surface area contributed by atoms with Crippen LogP contribution >= 0.6 is 24.0 Å². The number of aliphatic imine (C=N–C) groups is 1. The minimum atomic E-state index is -2.95. The maximum Gasteiger partial charge on any atom is 0.193 e. The standard InChI is InChI=1S/C19H30N4O2S.HI/c1-3-26(24,25)17-11-21-19(20-2)23-15-13-22(14-16-23)12-7-10-18-8-5-4-6-9-18;/h4-10H,3,11-17H2,1-2H3,(H,20,21);1H. The van der Waals surface area contributed by atoms with Crippen molar-refractivity contribution in [2.75, 3.05) is 57.8 Å². The summed E-state index contributed by atoms with van der Waals surface area (Å²) < 4.78 is 23.2. The van der Waals surface area contributed by atoms with Gasteiger partial charge in [0, 0.05) is 52.1 Å². The Bertz CT molecular complexity index is 700. The zero-order valence-corrected chi connectivity index (χ0v) is 19.3. The molecule has 1 aromatic carbocycles. The quantitative estimate of drug-likeness (QED) is 0.348. The smallest absolute Gasteiger partial charge is 0.193 e. The number of benzene rings is 1. The molecule has 1 aromatic rings. The van der Waals surface area contributed by atoms with Gasteiger partial charge in [0.2, 0.25) is 0 Å². The van der Waals surface area contributed by atoms with Crippen LogP contribution in [-0.4, -0.2) is 82.0 Å². The second-order valence-corrected chi connectivity index (χ2v) is 8.78. The van der Waals surface area contributed by atoms with Gasteiger partial charge in [-0.05, 0) is 5.56 Å². The molecule has 1 N–H and O–H groups in total. The molecular formula is C19H31IN4O2S. The number of hydrogen-bond donors (Lipinski definition) is 1. The van der Waals surface area contributed by atoms with Crippen LogP contribution in [0.3, 0.4) is 0 Å². The van der Waals surface area contributed by atoms with Gasteiger partial charge < -0.3 is 10.2 Å². The lowest BCUT2D eigenvalue weighted by Crippen LogP contribution is -2.52. The summed E-state index contributed by atoms with van der Waals surface area (Å²) >= 11 is 0. The molecule has 1 aliphatic rings. The van der Waals surface area contributed by atoms with Crippen molar-refractivity contribution >= 4 is 45.8 Å². The molecule has 27 heavy (non-hydrogen) atoms. The average Bonchev–Trinajstić information content (AvgIpc) is 2.67. The van der Waals surface area contributed by atoms with Crippen molar-refractivity contribution < 1.29 is 8.42 Å². The molecule has 0 radical (unpaired) electrons. The summed E-state index contributed by atoms with van der Waals surface area (Å²) in [7, 11) is -1.21. The number of nitrogens with zero attached hydrogens (tertiary/aromatic N) is 3. The number of nitrogens with one attached hydrogen (secondary N) is 1. The monoisotopic (exact) mass is 506 g/mol. The Labute approximate surface area is 180 Å². The van der Waals surface area contributed by atoms with Crippen LogP contribution in [0.15, 0.2) is 41.4 Å². The number of sulfone groups is 1. The van der Waals surface area contributed by atoms with Gasteiger partial charge in [0.1, 0.15) is 0 Å². The molecule has 0 unspecified atom stereocenters. The first kappa shape index (κ1) is 23.9. The summed E-state index contributed by atoms with van der Waals surface area (Å²) in [6.07, 6.45) is 4.36. The average molecular weight is 506 g/mol. The molecule has 0 atom stereocenters. The highest BCUT2D eigenvalue weighted by molar-refractivity contribution is 14.0. The van der Waals surface area contributed by atoms with Crippen LogP contribution in [0.25, 0.3) is 6.08 Å². The summed E-state index contributed by atoms with van der Waals surface area (Å²) in [6, 6.07) is 10.3. The van der Waals surface area contributed by atoms with Crippen molar-refractivity contribution in [3.05, 3.63) is 42.0 Å². The van der Waals surface area contributed by atoms with Gasteiger partial charge in [-0.1, -0.05) is 49.4 Å². The molecule has 0 saturated carbocycles. The molecular weight excluding hydrogens is 475 g/mol. The van der Waals surface area contributed by atoms with Crippen LogP contribution in [-0.2, 0) is 9.84 Å². The zero-order chi connectivity index (χ0) is 18.8. The molecule has 2 rings (SSSR count). The van der Waals surface area contributed by atoms with Crippen molar-refractivity contribution in [1.29, 1.82) is 0 Å². The number of halogens is 1. The predicted molar refractivity (Wildman–Crippen MR) is 125 cm³/mol. The molecule has 152 valence electrons. The van der Waals surface area contributed by atoms with E-state index in [1.807, 2.05) is 18.2 Å². The van der Waals surface area contributed by atoms with Crippen molar-refractivity contribution in [2.24, 2.45) is 4.99 Å². The molecule has 0 amide bonds. The summed E-state index contributed by atoms with van der Waals surface area (Å²) in [5.74, 6) is 1.12. The Hall–Kier alpha value is -1.13. The lowest BCUT2D eigenvalue weighted by atomic mass is 10.2. The van der Waals surface area contributed by atoms with Gasteiger partial charge in [-0.2, -0.15) is 0 Å². The SMILES string of the molecule is CCS(=O)(=O)CCNC(=NC)N1CCN(CC=Cc2ccccc2)CC1.I. The highest BCUT2D eigenvalue weighted by Gasteiger charge is 2.19. The first-order chi connectivity index (χ1) is 12.5. The van der Waals surface area contributed by atoms with Gasteiger partial charge >= 0.3 is 0 Å². The lowest BCUT2D eigenvalue weighted by molar-refractivity contribution is 0.194. The summed E-state index contributed by atoms with van der Waals surface area (Å²) in [6.45, 7) is 6.72. The van der Waals surface area contributed by atoms with Crippen LogP contribution in [0.2, 0.25) is 0 Å². The first-order valence-electron chi connectivity index (χ1n) is 9.14. The Morgan fingerprint density at radius 2 is 1.85 bits per heavy atom. The topological polar surface area (TPSA) is 65.0 Å². The Kier molecular flexibility index (Phi) is 10.9. The highest BCUT2D eigenvalue weighted by Crippen LogP contribution is 2.05. The van der Waals surface area contributed by atoms with E-state index in [0.717, 1.165) is 38.7 Å². The van der Waals surface area contributed by atoms with Crippen LogP contribution in [0, 0.1) is 0 Å². The Balaban J connectivity index is 0.00000364. The molecule has 1 fully saturated rings. The fraction of sp³-hybridized carbons (Fsp3) is 0.526. The number of hydrogen-bond acceptors (Lipinski definition) is 4. The molecule has 0 aromatic heterocycles. The molecule has 0 aliphatic carbocycles. The van der Waals surface area contributed by atoms with E-state index in [1.54, 1.807) is 14.0 Å². The van der Waals surface area contributed by atoms with Crippen LogP contribution in [0.5, 0.6) is 0 Å². The number of rotatable bonds is 7. The van der Waals surface area contributed by atoms with Gasteiger partial charge in [0.05, 0.1) is 5.75 Å². The van der Waals surface area contributed by atoms with E-state index in [-0.39, 0.29) is 35.5 Å². The van der Waals surface area contributed by atoms with E-state index in [0.29, 0.717) is 6.54 Å². The zero-order valence-electron chi connectivity index (χ0n) is 16.2. The van der Waals surface area contributed by atoms with Crippen LogP contribution in [0.1, 0.15) is 12.5 Å². The molecule has 1 aliphatic heterocycles. The molecule has 0 spiro atoms. The summed E-state index contributed by atoms with van der Waals surface area (Å²) in [5, 5.41) is 3.17. The molecule has 6 nitrogen and oxygen atoms in total. The van der Waals surface area contributed by atoms with E-state index in [2.05, 4.69) is 44.4 Å². The maximum absolute atomic E-state index is 11.6. The molecule has 1 saturated heterocycles. The second kappa shape index (κ2) is 12.4. The van der Waals surface area contributed by atoms with Gasteiger partial charge in [-0.25, -0.2) is 8.42 Å². The molecule has 8 heteroatoms. The van der Waals surface area contributed by atoms with Crippen LogP contribution < -0.4 is 5.32 Å². The molecule has 0 bridgehead atoms. The van der Waals surface area contributed by atoms with Gasteiger partial charge in [-0.3, -0.25) is 9.89 Å². The van der Waals surface area contributed by atoms with Crippen molar-refractivity contribution in [1.82, 2.24) is 15.1 Å². The fourth-order valence-electron chi connectivity index (χ4n) is 2.84. The van der Waals surface area contributed by atoms with Crippen molar-refractivity contribution in [2.45, 2.75) is 6.92 Å². The third kappa shape index (κ3) is 8.61. The van der Waals surface area contributed by atoms with Gasteiger partial charge in [0.25, 0.3) is 0 Å². The highest BCUT2D eigenvalue weighted by atomic mass is 127. The van der Waals surface area contributed by atoms with Crippen molar-refractivity contribution in [3.63, 3.8) is 0 Å². The predicted octanol–water partition coefficient (Wildman–Crippen LogP) is 1.95. The van der Waals surface area contributed by atoms with E-state index in [9.17, 15) is 8.42 Å². The summed E-state index contributed by atoms with van der Waals surface area (Å²) in [4.78, 5) is 8.89. The van der Waals surface area contributed by atoms with E-state index in [1.165, 1.54) is 5.56 Å². The van der Waals surface area contributed by atoms with E-state index < -0.39 is 9.84 Å². The van der Waals surface area contributed by atoms with Crippen molar-refractivity contribution in [3.8, 4) is 0 Å². The number of piperazine rings is 1. The van der Waals surface area contributed by atoms with E-state index >= 15 is 0 Å². The van der Waals surface area contributed by atoms with Gasteiger partial charge in [0.15, 0.2) is 15.8 Å². The Morgan fingerprint density at radius 1 is 1.19 bits per heavy atom. The largest absolute Gasteiger partial charge is 0.355 e. The lowest BCUT2D eigenvalue weighted by Gasteiger charge is -2.36. The first-order valence-corrected chi connectivity index (χ1v) is 11.0. The Morgan fingerprint density at radius 3 is 2.44 bits per heavy atom. The fourth-order valence-corrected chi connectivity index (χ4v) is 3.54. The minimum absolute atomic E-state index is 0.